The largest absolute Gasteiger partial charge is 0.376 e. The van der Waals surface area contributed by atoms with Crippen molar-refractivity contribution in [2.24, 2.45) is 11.8 Å². The Morgan fingerprint density at radius 2 is 1.88 bits per heavy atom. The summed E-state index contributed by atoms with van der Waals surface area (Å²) >= 11 is 0. The Morgan fingerprint density at radius 3 is 2.41 bits per heavy atom. The number of carbonyl (C=O) groups excluding carboxylic acids is 1. The first-order chi connectivity index (χ1) is 8.33. The predicted octanol–water partition coefficient (Wildman–Crippen LogP) is 1.65. The zero-order chi connectivity index (χ0) is 11.7. The Hall–Kier alpha value is -0.770. The van der Waals surface area contributed by atoms with E-state index >= 15 is 0 Å². The van der Waals surface area contributed by atoms with Crippen LogP contribution in [0.5, 0.6) is 0 Å². The van der Waals surface area contributed by atoms with Crippen molar-refractivity contribution >= 4 is 6.03 Å². The van der Waals surface area contributed by atoms with E-state index in [1.165, 1.54) is 25.7 Å². The molecule has 3 rings (SSSR count). The van der Waals surface area contributed by atoms with Gasteiger partial charge in [0.15, 0.2) is 0 Å². The lowest BCUT2D eigenvalue weighted by Gasteiger charge is -2.19. The molecule has 0 bridgehead atoms. The molecule has 1 aliphatic heterocycles. The zero-order valence-corrected chi connectivity index (χ0v) is 10.3. The van der Waals surface area contributed by atoms with Crippen LogP contribution in [0.25, 0.3) is 0 Å². The molecule has 1 unspecified atom stereocenters. The van der Waals surface area contributed by atoms with Gasteiger partial charge in [-0.25, -0.2) is 4.79 Å². The van der Waals surface area contributed by atoms with E-state index in [-0.39, 0.29) is 12.1 Å². The van der Waals surface area contributed by atoms with E-state index in [2.05, 4.69) is 10.6 Å². The van der Waals surface area contributed by atoms with Crippen LogP contribution in [-0.4, -0.2) is 31.3 Å². The molecule has 2 aliphatic carbocycles. The first-order valence-electron chi connectivity index (χ1n) is 6.99. The van der Waals surface area contributed by atoms with Crippen molar-refractivity contribution in [2.45, 2.75) is 50.7 Å². The number of ether oxygens (including phenoxy) is 1. The molecule has 1 heterocycles. The van der Waals surface area contributed by atoms with Gasteiger partial charge in [-0.3, -0.25) is 0 Å². The van der Waals surface area contributed by atoms with E-state index in [1.807, 2.05) is 0 Å². The summed E-state index contributed by atoms with van der Waals surface area (Å²) in [4.78, 5) is 11.8. The molecular weight excluding hydrogens is 216 g/mol. The van der Waals surface area contributed by atoms with E-state index in [0.29, 0.717) is 12.6 Å². The number of hydrogen-bond acceptors (Lipinski definition) is 2. The molecule has 0 spiro atoms. The minimum Gasteiger partial charge on any atom is -0.376 e. The molecule has 96 valence electrons. The quantitative estimate of drug-likeness (QED) is 0.765. The molecule has 3 fully saturated rings. The number of rotatable bonds is 5. The van der Waals surface area contributed by atoms with E-state index in [4.69, 9.17) is 4.74 Å². The fraction of sp³-hybridized carbons (Fsp3) is 0.923. The molecule has 2 N–H and O–H groups in total. The third kappa shape index (κ3) is 3.12. The summed E-state index contributed by atoms with van der Waals surface area (Å²) in [6.45, 7) is 1.51. The average Bonchev–Trinajstić information content (AvgIpc) is 3.24. The molecule has 0 aromatic heterocycles. The molecule has 0 aromatic carbocycles. The molecule has 1 atom stereocenters. The number of nitrogens with one attached hydrogen (secondary N) is 2. The summed E-state index contributed by atoms with van der Waals surface area (Å²) < 4.78 is 5.49. The molecular formula is C13H22N2O2. The highest BCUT2D eigenvalue weighted by atomic mass is 16.5. The van der Waals surface area contributed by atoms with E-state index in [0.717, 1.165) is 31.3 Å². The van der Waals surface area contributed by atoms with Gasteiger partial charge in [-0.2, -0.15) is 0 Å². The topological polar surface area (TPSA) is 50.4 Å². The summed E-state index contributed by atoms with van der Waals surface area (Å²) in [6.07, 6.45) is 7.64. The third-order valence-corrected chi connectivity index (χ3v) is 4.07. The van der Waals surface area contributed by atoms with Crippen LogP contribution in [0.1, 0.15) is 38.5 Å². The van der Waals surface area contributed by atoms with Crippen molar-refractivity contribution in [3.05, 3.63) is 0 Å². The van der Waals surface area contributed by atoms with Gasteiger partial charge in [-0.1, -0.05) is 0 Å². The van der Waals surface area contributed by atoms with Crippen molar-refractivity contribution in [3.63, 3.8) is 0 Å². The number of hydrogen-bond donors (Lipinski definition) is 2. The summed E-state index contributed by atoms with van der Waals surface area (Å²) in [6, 6.07) is 0.448. The Bertz CT molecular complexity index is 269. The van der Waals surface area contributed by atoms with Gasteiger partial charge in [-0.05, 0) is 50.4 Å². The second kappa shape index (κ2) is 4.84. The van der Waals surface area contributed by atoms with Crippen LogP contribution in [0.4, 0.5) is 4.79 Å². The van der Waals surface area contributed by atoms with Crippen molar-refractivity contribution in [3.8, 4) is 0 Å². The summed E-state index contributed by atoms with van der Waals surface area (Å²) in [5.41, 5.74) is 0. The Morgan fingerprint density at radius 1 is 1.18 bits per heavy atom. The summed E-state index contributed by atoms with van der Waals surface area (Å²) in [7, 11) is 0. The van der Waals surface area contributed by atoms with Crippen molar-refractivity contribution in [1.82, 2.24) is 10.6 Å². The van der Waals surface area contributed by atoms with E-state index in [1.54, 1.807) is 0 Å². The smallest absolute Gasteiger partial charge is 0.315 e. The van der Waals surface area contributed by atoms with Crippen LogP contribution in [0.3, 0.4) is 0 Å². The SMILES string of the molecule is O=C(NCC1CCCO1)NC(C1CC1)C1CC1. The Labute approximate surface area is 102 Å². The highest BCUT2D eigenvalue weighted by molar-refractivity contribution is 5.74. The minimum absolute atomic E-state index is 0.00398. The van der Waals surface area contributed by atoms with E-state index in [9.17, 15) is 4.79 Å². The number of amides is 2. The second-order valence-corrected chi connectivity index (χ2v) is 5.69. The molecule has 1 saturated heterocycles. The maximum atomic E-state index is 11.8. The summed E-state index contributed by atoms with van der Waals surface area (Å²) in [5.74, 6) is 1.52. The fourth-order valence-corrected chi connectivity index (χ4v) is 2.75. The number of carbonyl (C=O) groups is 1. The molecule has 17 heavy (non-hydrogen) atoms. The molecule has 2 saturated carbocycles. The van der Waals surface area contributed by atoms with Crippen LogP contribution >= 0.6 is 0 Å². The Balaban J connectivity index is 1.39. The second-order valence-electron chi connectivity index (χ2n) is 5.69. The normalized spacial score (nSPS) is 28.4. The first-order valence-corrected chi connectivity index (χ1v) is 6.99. The van der Waals surface area contributed by atoms with Crippen molar-refractivity contribution < 1.29 is 9.53 Å². The van der Waals surface area contributed by atoms with Gasteiger partial charge >= 0.3 is 6.03 Å². The molecule has 2 amide bonds. The molecule has 4 heteroatoms. The van der Waals surface area contributed by atoms with Crippen molar-refractivity contribution in [1.29, 1.82) is 0 Å². The zero-order valence-electron chi connectivity index (χ0n) is 10.3. The average molecular weight is 238 g/mol. The summed E-state index contributed by atoms with van der Waals surface area (Å²) in [5, 5.41) is 6.10. The standard InChI is InChI=1S/C13H22N2O2/c16-13(14-8-11-2-1-7-17-11)15-12(9-3-4-9)10-5-6-10/h9-12H,1-8H2,(H2,14,15,16). The fourth-order valence-electron chi connectivity index (χ4n) is 2.75. The third-order valence-electron chi connectivity index (χ3n) is 4.07. The Kier molecular flexibility index (Phi) is 3.23. The van der Waals surface area contributed by atoms with Gasteiger partial charge < -0.3 is 15.4 Å². The van der Waals surface area contributed by atoms with Gasteiger partial charge in [0.05, 0.1) is 6.10 Å². The lowest BCUT2D eigenvalue weighted by atomic mass is 10.1. The first kappa shape index (κ1) is 11.3. The molecule has 4 nitrogen and oxygen atoms in total. The van der Waals surface area contributed by atoms with Gasteiger partial charge in [-0.15, -0.1) is 0 Å². The maximum Gasteiger partial charge on any atom is 0.315 e. The predicted molar refractivity (Wildman–Crippen MR) is 64.7 cm³/mol. The van der Waals surface area contributed by atoms with Gasteiger partial charge in [0.1, 0.15) is 0 Å². The van der Waals surface area contributed by atoms with Crippen molar-refractivity contribution in [2.75, 3.05) is 13.2 Å². The monoisotopic (exact) mass is 238 g/mol. The molecule has 0 radical (unpaired) electrons. The van der Waals surface area contributed by atoms with Crippen LogP contribution in [0.2, 0.25) is 0 Å². The van der Waals surface area contributed by atoms with Crippen LogP contribution in [-0.2, 0) is 4.74 Å². The minimum atomic E-state index is 0.00398. The highest BCUT2D eigenvalue weighted by Gasteiger charge is 2.42. The molecule has 0 aromatic rings. The van der Waals surface area contributed by atoms with Crippen LogP contribution in [0.15, 0.2) is 0 Å². The molecule has 3 aliphatic rings. The lowest BCUT2D eigenvalue weighted by Crippen LogP contribution is -2.46. The van der Waals surface area contributed by atoms with Gasteiger partial charge in [0.2, 0.25) is 0 Å². The van der Waals surface area contributed by atoms with E-state index < -0.39 is 0 Å². The highest BCUT2D eigenvalue weighted by Crippen LogP contribution is 2.44. The van der Waals surface area contributed by atoms with Crippen LogP contribution < -0.4 is 10.6 Å². The van der Waals surface area contributed by atoms with Gasteiger partial charge in [0.25, 0.3) is 0 Å². The maximum absolute atomic E-state index is 11.8. The lowest BCUT2D eigenvalue weighted by molar-refractivity contribution is 0.111. The van der Waals surface area contributed by atoms with Crippen LogP contribution in [0, 0.1) is 11.8 Å². The van der Waals surface area contributed by atoms with Gasteiger partial charge in [0, 0.05) is 19.2 Å². The number of urea groups is 1.